The molecule has 0 amide bonds. The van der Waals surface area contributed by atoms with Crippen LogP contribution in [0.4, 0.5) is 11.6 Å². The molecule has 0 saturated carbocycles. The molecule has 20 heavy (non-hydrogen) atoms. The minimum Gasteiger partial charge on any atom is -0.486 e. The maximum Gasteiger partial charge on any atom is 0.252 e. The van der Waals surface area contributed by atoms with Crippen molar-refractivity contribution < 1.29 is 9.47 Å². The van der Waals surface area contributed by atoms with Crippen molar-refractivity contribution in [3.05, 3.63) is 40.3 Å². The summed E-state index contributed by atoms with van der Waals surface area (Å²) in [5, 5.41) is 3.07. The van der Waals surface area contributed by atoms with Crippen molar-refractivity contribution in [2.75, 3.05) is 18.5 Å². The number of aryl methyl sites for hydroxylation is 1. The fraction of sp³-hybridized carbons (Fsp3) is 0.286. The number of H-pyrrole nitrogens is 1. The van der Waals surface area contributed by atoms with Gasteiger partial charge >= 0.3 is 0 Å². The second kappa shape index (κ2) is 5.24. The Bertz CT molecular complexity index is 682. The predicted octanol–water partition coefficient (Wildman–Crippen LogP) is 1.85. The molecule has 1 aromatic heterocycles. The molecule has 6 nitrogen and oxygen atoms in total. The van der Waals surface area contributed by atoms with E-state index in [9.17, 15) is 4.79 Å². The van der Waals surface area contributed by atoms with Gasteiger partial charge in [0.05, 0.1) is 0 Å². The smallest absolute Gasteiger partial charge is 0.252 e. The molecule has 0 unspecified atom stereocenters. The predicted molar refractivity (Wildman–Crippen MR) is 75.0 cm³/mol. The van der Waals surface area contributed by atoms with E-state index in [0.29, 0.717) is 31.3 Å². The van der Waals surface area contributed by atoms with Crippen LogP contribution in [-0.4, -0.2) is 23.2 Å². The van der Waals surface area contributed by atoms with Gasteiger partial charge in [-0.15, -0.1) is 0 Å². The van der Waals surface area contributed by atoms with Gasteiger partial charge in [-0.3, -0.25) is 9.78 Å². The third-order valence-electron chi connectivity index (χ3n) is 2.96. The third-order valence-corrected chi connectivity index (χ3v) is 2.96. The Morgan fingerprint density at radius 3 is 2.85 bits per heavy atom. The summed E-state index contributed by atoms with van der Waals surface area (Å²) in [4.78, 5) is 18.5. The van der Waals surface area contributed by atoms with Crippen molar-refractivity contribution in [3.8, 4) is 11.5 Å². The summed E-state index contributed by atoms with van der Waals surface area (Å²) in [6, 6.07) is 7.01. The van der Waals surface area contributed by atoms with Crippen LogP contribution in [0.3, 0.4) is 0 Å². The lowest BCUT2D eigenvalue weighted by Crippen LogP contribution is -2.15. The Hall–Kier alpha value is -2.50. The zero-order valence-corrected chi connectivity index (χ0v) is 11.1. The lowest BCUT2D eigenvalue weighted by atomic mass is 10.2. The van der Waals surface area contributed by atoms with Gasteiger partial charge in [0.15, 0.2) is 11.5 Å². The number of benzene rings is 1. The van der Waals surface area contributed by atoms with Crippen LogP contribution in [0.15, 0.2) is 29.1 Å². The van der Waals surface area contributed by atoms with E-state index in [2.05, 4.69) is 15.3 Å². The molecule has 2 heterocycles. The van der Waals surface area contributed by atoms with Gasteiger partial charge in [-0.25, -0.2) is 4.98 Å². The molecule has 0 spiro atoms. The van der Waals surface area contributed by atoms with Gasteiger partial charge in [-0.05, 0) is 18.6 Å². The van der Waals surface area contributed by atoms with Crippen LogP contribution >= 0.6 is 0 Å². The quantitative estimate of drug-likeness (QED) is 0.892. The van der Waals surface area contributed by atoms with Gasteiger partial charge in [0.2, 0.25) is 5.95 Å². The summed E-state index contributed by atoms with van der Waals surface area (Å²) in [6.45, 7) is 3.06. The van der Waals surface area contributed by atoms with Crippen molar-refractivity contribution in [2.24, 2.45) is 0 Å². The molecular weight excluding hydrogens is 258 g/mol. The van der Waals surface area contributed by atoms with E-state index in [1.54, 1.807) is 0 Å². The molecule has 3 rings (SSSR count). The Kier molecular flexibility index (Phi) is 3.28. The Morgan fingerprint density at radius 2 is 2.05 bits per heavy atom. The molecule has 2 aromatic rings. The Labute approximate surface area is 115 Å². The maximum absolute atomic E-state index is 11.5. The van der Waals surface area contributed by atoms with Crippen molar-refractivity contribution >= 4 is 11.6 Å². The molecule has 0 radical (unpaired) electrons. The summed E-state index contributed by atoms with van der Waals surface area (Å²) < 4.78 is 11.0. The molecule has 0 aliphatic carbocycles. The van der Waals surface area contributed by atoms with Gasteiger partial charge in [0.25, 0.3) is 5.56 Å². The molecule has 6 heteroatoms. The summed E-state index contributed by atoms with van der Waals surface area (Å²) in [5.41, 5.74) is 1.36. The van der Waals surface area contributed by atoms with E-state index in [4.69, 9.17) is 9.47 Å². The highest BCUT2D eigenvalue weighted by molar-refractivity contribution is 5.60. The minimum atomic E-state index is -0.170. The standard InChI is InChI=1S/C14H15N3O3/c1-2-9-8-13(18)17-14(15-9)16-10-3-4-11-12(7-10)20-6-5-19-11/h3-4,7-8H,2,5-6H2,1H3,(H2,15,16,17,18). The van der Waals surface area contributed by atoms with Gasteiger partial charge in [0, 0.05) is 23.5 Å². The number of hydrogen-bond acceptors (Lipinski definition) is 5. The zero-order valence-electron chi connectivity index (χ0n) is 11.1. The van der Waals surface area contributed by atoms with Gasteiger partial charge in [0.1, 0.15) is 13.2 Å². The van der Waals surface area contributed by atoms with Gasteiger partial charge in [-0.1, -0.05) is 6.92 Å². The lowest BCUT2D eigenvalue weighted by Gasteiger charge is -2.19. The summed E-state index contributed by atoms with van der Waals surface area (Å²) in [5.74, 6) is 1.84. The highest BCUT2D eigenvalue weighted by Crippen LogP contribution is 2.33. The number of hydrogen-bond donors (Lipinski definition) is 2. The van der Waals surface area contributed by atoms with Gasteiger partial charge < -0.3 is 14.8 Å². The average Bonchev–Trinajstić information content (AvgIpc) is 2.46. The van der Waals surface area contributed by atoms with Crippen molar-refractivity contribution in [1.29, 1.82) is 0 Å². The largest absolute Gasteiger partial charge is 0.486 e. The van der Waals surface area contributed by atoms with Crippen LogP contribution < -0.4 is 20.3 Å². The number of aromatic amines is 1. The lowest BCUT2D eigenvalue weighted by molar-refractivity contribution is 0.171. The monoisotopic (exact) mass is 273 g/mol. The van der Waals surface area contributed by atoms with E-state index >= 15 is 0 Å². The average molecular weight is 273 g/mol. The minimum absolute atomic E-state index is 0.170. The summed E-state index contributed by atoms with van der Waals surface area (Å²) in [6.07, 6.45) is 0.708. The Morgan fingerprint density at radius 1 is 1.25 bits per heavy atom. The van der Waals surface area contributed by atoms with Crippen LogP contribution in [0.1, 0.15) is 12.6 Å². The number of nitrogens with one attached hydrogen (secondary N) is 2. The topological polar surface area (TPSA) is 76.2 Å². The molecule has 2 N–H and O–H groups in total. The first-order chi connectivity index (χ1) is 9.74. The first-order valence-corrected chi connectivity index (χ1v) is 6.51. The molecule has 0 fully saturated rings. The molecule has 0 saturated heterocycles. The van der Waals surface area contributed by atoms with Crippen LogP contribution in [0, 0.1) is 0 Å². The first-order valence-electron chi connectivity index (χ1n) is 6.51. The highest BCUT2D eigenvalue weighted by atomic mass is 16.6. The van der Waals surface area contributed by atoms with E-state index in [0.717, 1.165) is 17.1 Å². The second-order valence-corrected chi connectivity index (χ2v) is 4.42. The van der Waals surface area contributed by atoms with Gasteiger partial charge in [-0.2, -0.15) is 0 Å². The highest BCUT2D eigenvalue weighted by Gasteiger charge is 2.12. The number of rotatable bonds is 3. The Balaban J connectivity index is 1.87. The van der Waals surface area contributed by atoms with Crippen LogP contribution in [0.25, 0.3) is 0 Å². The van der Waals surface area contributed by atoms with Crippen LogP contribution in [0.5, 0.6) is 11.5 Å². The molecule has 0 atom stereocenters. The SMILES string of the molecule is CCc1cc(=O)[nH]c(Nc2ccc3c(c2)OCCO3)n1. The first kappa shape index (κ1) is 12.5. The zero-order chi connectivity index (χ0) is 13.9. The van der Waals surface area contributed by atoms with E-state index in [-0.39, 0.29) is 5.56 Å². The third kappa shape index (κ3) is 2.59. The number of aromatic nitrogens is 2. The molecule has 1 aromatic carbocycles. The molecule has 0 bridgehead atoms. The molecule has 1 aliphatic rings. The number of fused-ring (bicyclic) bond motifs is 1. The summed E-state index contributed by atoms with van der Waals surface area (Å²) in [7, 11) is 0. The molecular formula is C14H15N3O3. The maximum atomic E-state index is 11.5. The fourth-order valence-electron chi connectivity index (χ4n) is 2.01. The van der Waals surface area contributed by atoms with Crippen molar-refractivity contribution in [1.82, 2.24) is 9.97 Å². The second-order valence-electron chi connectivity index (χ2n) is 4.42. The number of anilines is 2. The van der Waals surface area contributed by atoms with E-state index in [1.165, 1.54) is 6.07 Å². The molecule has 1 aliphatic heterocycles. The van der Waals surface area contributed by atoms with Crippen LogP contribution in [-0.2, 0) is 6.42 Å². The van der Waals surface area contributed by atoms with Crippen molar-refractivity contribution in [3.63, 3.8) is 0 Å². The molecule has 104 valence electrons. The number of nitrogens with zero attached hydrogens (tertiary/aromatic N) is 1. The fourth-order valence-corrected chi connectivity index (χ4v) is 2.01. The number of ether oxygens (including phenoxy) is 2. The van der Waals surface area contributed by atoms with Crippen LogP contribution in [0.2, 0.25) is 0 Å². The van der Waals surface area contributed by atoms with Crippen molar-refractivity contribution in [2.45, 2.75) is 13.3 Å². The normalized spacial score (nSPS) is 13.1. The summed E-state index contributed by atoms with van der Waals surface area (Å²) >= 11 is 0. The van der Waals surface area contributed by atoms with E-state index in [1.807, 2.05) is 25.1 Å². The van der Waals surface area contributed by atoms with E-state index < -0.39 is 0 Å².